The van der Waals surface area contributed by atoms with Gasteiger partial charge in [-0.1, -0.05) is 32.0 Å². The third-order valence-corrected chi connectivity index (χ3v) is 5.41. The zero-order chi connectivity index (χ0) is 18.9. The van der Waals surface area contributed by atoms with Gasteiger partial charge in [0.1, 0.15) is 23.3 Å². The van der Waals surface area contributed by atoms with E-state index in [1.807, 2.05) is 26.0 Å². The highest BCUT2D eigenvalue weighted by Crippen LogP contribution is 2.34. The van der Waals surface area contributed by atoms with Crippen LogP contribution in [0.5, 0.6) is 0 Å². The van der Waals surface area contributed by atoms with Crippen LogP contribution in [0.4, 0.5) is 4.79 Å². The number of urea groups is 1. The van der Waals surface area contributed by atoms with Gasteiger partial charge in [-0.3, -0.25) is 0 Å². The van der Waals surface area contributed by atoms with E-state index in [-0.39, 0.29) is 4.48 Å². The Morgan fingerprint density at radius 1 is 1.19 bits per heavy atom. The SMILES string of the molecule is CCc1cccc(CC)c1CNC1=CC=C[N+]2(C(N)=O)C1=NC(C)=C2C. The summed E-state index contributed by atoms with van der Waals surface area (Å²) in [6.45, 7) is 8.87. The fourth-order valence-corrected chi connectivity index (χ4v) is 3.75. The van der Waals surface area contributed by atoms with Crippen molar-refractivity contribution in [3.8, 4) is 0 Å². The Morgan fingerprint density at radius 2 is 1.85 bits per heavy atom. The number of amidine groups is 1. The van der Waals surface area contributed by atoms with E-state index in [0.717, 1.165) is 29.9 Å². The van der Waals surface area contributed by atoms with Crippen molar-refractivity contribution >= 4 is 11.9 Å². The summed E-state index contributed by atoms with van der Waals surface area (Å²) in [5, 5.41) is 3.51. The summed E-state index contributed by atoms with van der Waals surface area (Å²) in [6, 6.07) is 6.04. The van der Waals surface area contributed by atoms with Gasteiger partial charge in [0.25, 0.3) is 5.84 Å². The number of primary amides is 1. The van der Waals surface area contributed by atoms with Crippen LogP contribution in [0.1, 0.15) is 44.4 Å². The molecule has 0 saturated carbocycles. The summed E-state index contributed by atoms with van der Waals surface area (Å²) in [5.41, 5.74) is 12.3. The van der Waals surface area contributed by atoms with E-state index in [4.69, 9.17) is 5.73 Å². The predicted octanol–water partition coefficient (Wildman–Crippen LogP) is 3.87. The second-order valence-electron chi connectivity index (χ2n) is 6.70. The molecule has 5 heteroatoms. The van der Waals surface area contributed by atoms with Crippen molar-refractivity contribution in [1.82, 2.24) is 5.32 Å². The molecule has 0 saturated heterocycles. The molecule has 0 radical (unpaired) electrons. The van der Waals surface area contributed by atoms with E-state index in [1.54, 1.807) is 6.20 Å². The van der Waals surface area contributed by atoms with E-state index in [0.29, 0.717) is 12.4 Å². The van der Waals surface area contributed by atoms with Crippen LogP contribution in [0.2, 0.25) is 0 Å². The van der Waals surface area contributed by atoms with E-state index in [2.05, 4.69) is 42.4 Å². The molecular weight excluding hydrogens is 324 g/mol. The quantitative estimate of drug-likeness (QED) is 0.791. The molecule has 0 spiro atoms. The number of amides is 2. The second kappa shape index (κ2) is 6.92. The molecule has 2 aliphatic rings. The molecule has 0 aliphatic carbocycles. The number of carbonyl (C=O) groups is 1. The average molecular weight is 351 g/mol. The monoisotopic (exact) mass is 351 g/mol. The number of benzene rings is 1. The van der Waals surface area contributed by atoms with Gasteiger partial charge in [-0.25, -0.2) is 4.79 Å². The van der Waals surface area contributed by atoms with Gasteiger partial charge >= 0.3 is 6.03 Å². The van der Waals surface area contributed by atoms with Gasteiger partial charge < -0.3 is 11.1 Å². The molecule has 3 N–H and O–H groups in total. The summed E-state index contributed by atoms with van der Waals surface area (Å²) in [5.74, 6) is 0.655. The van der Waals surface area contributed by atoms with E-state index >= 15 is 0 Å². The number of rotatable bonds is 5. The Bertz CT molecular complexity index is 854. The van der Waals surface area contributed by atoms with Gasteiger partial charge in [-0.2, -0.15) is 4.99 Å². The maximum Gasteiger partial charge on any atom is 0.430 e. The van der Waals surface area contributed by atoms with Crippen molar-refractivity contribution in [3.63, 3.8) is 0 Å². The number of nitrogens with zero attached hydrogens (tertiary/aromatic N) is 2. The highest BCUT2D eigenvalue weighted by Gasteiger charge is 2.49. The van der Waals surface area contributed by atoms with Gasteiger partial charge in [-0.15, -0.1) is 4.48 Å². The lowest BCUT2D eigenvalue weighted by Crippen LogP contribution is -2.55. The zero-order valence-corrected chi connectivity index (χ0v) is 16.0. The van der Waals surface area contributed by atoms with Gasteiger partial charge in [0.2, 0.25) is 0 Å². The average Bonchev–Trinajstić information content (AvgIpc) is 2.92. The molecule has 2 amide bonds. The molecule has 1 aromatic carbocycles. The standard InChI is InChI=1S/C21H26N4O/c1-5-16-9-7-10-17(6-2)18(16)13-23-19-11-8-12-25(21(22)26)15(4)14(3)24-20(19)25/h7-12,23H,5-6,13H2,1-4H3,(H-,22,26)/p+1. The lowest BCUT2D eigenvalue weighted by Gasteiger charge is -2.30. The topological polar surface area (TPSA) is 67.5 Å². The molecule has 1 aromatic rings. The first-order valence-electron chi connectivity index (χ1n) is 9.15. The molecule has 136 valence electrons. The van der Waals surface area contributed by atoms with E-state index < -0.39 is 6.03 Å². The van der Waals surface area contributed by atoms with Crippen LogP contribution in [0, 0.1) is 0 Å². The van der Waals surface area contributed by atoms with Crippen LogP contribution in [0.25, 0.3) is 0 Å². The molecule has 0 aromatic heterocycles. The third-order valence-electron chi connectivity index (χ3n) is 5.41. The number of aliphatic imine (C=N–C) groups is 1. The molecule has 2 heterocycles. The van der Waals surface area contributed by atoms with Gasteiger partial charge in [0.15, 0.2) is 0 Å². The Hall–Kier alpha value is -2.66. The van der Waals surface area contributed by atoms with Crippen LogP contribution in [0.15, 0.2) is 58.6 Å². The van der Waals surface area contributed by atoms with E-state index in [9.17, 15) is 4.79 Å². The molecule has 2 aliphatic heterocycles. The highest BCUT2D eigenvalue weighted by molar-refractivity contribution is 6.02. The molecule has 1 atom stereocenters. The third kappa shape index (κ3) is 2.69. The molecule has 5 nitrogen and oxygen atoms in total. The van der Waals surface area contributed by atoms with Crippen molar-refractivity contribution in [2.45, 2.75) is 47.1 Å². The fraction of sp³-hybridized carbons (Fsp3) is 0.333. The maximum atomic E-state index is 12.3. The summed E-state index contributed by atoms with van der Waals surface area (Å²) in [7, 11) is 0. The summed E-state index contributed by atoms with van der Waals surface area (Å²) >= 11 is 0. The predicted molar refractivity (Wildman–Crippen MR) is 105 cm³/mol. The van der Waals surface area contributed by atoms with Crippen LogP contribution in [-0.2, 0) is 19.4 Å². The Labute approximate surface area is 155 Å². The van der Waals surface area contributed by atoms with Crippen LogP contribution >= 0.6 is 0 Å². The maximum absolute atomic E-state index is 12.3. The highest BCUT2D eigenvalue weighted by atomic mass is 16.2. The first-order chi connectivity index (χ1) is 12.5. The van der Waals surface area contributed by atoms with Crippen LogP contribution in [-0.4, -0.2) is 16.3 Å². The lowest BCUT2D eigenvalue weighted by atomic mass is 9.97. The number of nitrogens with one attached hydrogen (secondary N) is 1. The first-order valence-corrected chi connectivity index (χ1v) is 9.15. The molecule has 0 fully saturated rings. The molecule has 26 heavy (non-hydrogen) atoms. The Balaban J connectivity index is 1.92. The van der Waals surface area contributed by atoms with Crippen LogP contribution in [0.3, 0.4) is 0 Å². The fourth-order valence-electron chi connectivity index (χ4n) is 3.75. The van der Waals surface area contributed by atoms with Crippen molar-refractivity contribution in [2.24, 2.45) is 10.7 Å². The number of hydrogen-bond acceptors (Lipinski definition) is 3. The first kappa shape index (κ1) is 18.1. The summed E-state index contributed by atoms with van der Waals surface area (Å²) < 4.78 is -0.124. The smallest absolute Gasteiger partial charge is 0.375 e. The van der Waals surface area contributed by atoms with Gasteiger partial charge in [0, 0.05) is 13.5 Å². The largest absolute Gasteiger partial charge is 0.430 e. The minimum Gasteiger partial charge on any atom is -0.375 e. The number of nitrogens with two attached hydrogens (primary N) is 1. The molecule has 0 bridgehead atoms. The minimum absolute atomic E-state index is 0.124. The Kier molecular flexibility index (Phi) is 4.83. The normalized spacial score (nSPS) is 21.4. The van der Waals surface area contributed by atoms with Crippen molar-refractivity contribution in [3.05, 3.63) is 70.3 Å². The summed E-state index contributed by atoms with van der Waals surface area (Å²) in [6.07, 6.45) is 7.62. The number of fused-ring (bicyclic) bond motifs is 1. The van der Waals surface area contributed by atoms with Gasteiger partial charge in [-0.05, 0) is 48.6 Å². The molecule has 3 rings (SSSR count). The second-order valence-corrected chi connectivity index (χ2v) is 6.70. The van der Waals surface area contributed by atoms with Crippen molar-refractivity contribution in [2.75, 3.05) is 0 Å². The molecular formula is C21H27N4O+. The number of carbonyl (C=O) groups excluding carboxylic acids is 1. The lowest BCUT2D eigenvalue weighted by molar-refractivity contribution is -0.651. The summed E-state index contributed by atoms with van der Waals surface area (Å²) in [4.78, 5) is 17.0. The van der Waals surface area contributed by atoms with Crippen LogP contribution < -0.4 is 11.1 Å². The number of aryl methyl sites for hydroxylation is 2. The number of quaternary nitrogens is 1. The van der Waals surface area contributed by atoms with Crippen molar-refractivity contribution < 1.29 is 9.28 Å². The number of hydrogen-bond donors (Lipinski definition) is 2. The number of allylic oxidation sites excluding steroid dienone is 4. The van der Waals surface area contributed by atoms with E-state index in [1.165, 1.54) is 16.7 Å². The zero-order valence-electron chi connectivity index (χ0n) is 16.0. The molecule has 1 unspecified atom stereocenters. The van der Waals surface area contributed by atoms with Gasteiger partial charge in [0.05, 0.1) is 0 Å². The Morgan fingerprint density at radius 3 is 2.42 bits per heavy atom. The minimum atomic E-state index is -0.440. The van der Waals surface area contributed by atoms with Crippen molar-refractivity contribution in [1.29, 1.82) is 0 Å².